The second-order valence-corrected chi connectivity index (χ2v) is 6.78. The van der Waals surface area contributed by atoms with Gasteiger partial charge in [-0.15, -0.1) is 0 Å². The Morgan fingerprint density at radius 2 is 1.95 bits per heavy atom. The molecule has 3 unspecified atom stereocenters. The van der Waals surface area contributed by atoms with Crippen LogP contribution in [0.4, 0.5) is 0 Å². The van der Waals surface area contributed by atoms with Gasteiger partial charge in [0, 0.05) is 25.4 Å². The average molecular weight is 285 g/mol. The molecule has 1 heterocycles. The van der Waals surface area contributed by atoms with Gasteiger partial charge in [-0.25, -0.2) is 0 Å². The molecule has 2 aliphatic rings. The third-order valence-corrected chi connectivity index (χ3v) is 5.52. The molecule has 0 aromatic heterocycles. The van der Waals surface area contributed by atoms with Crippen molar-refractivity contribution in [3.05, 3.63) is 35.9 Å². The molecule has 2 fully saturated rings. The van der Waals surface area contributed by atoms with E-state index in [4.69, 9.17) is 0 Å². The lowest BCUT2D eigenvalue weighted by molar-refractivity contribution is -0.159. The van der Waals surface area contributed by atoms with Gasteiger partial charge in [0.05, 0.1) is 5.41 Å². The molecule has 1 saturated heterocycles. The van der Waals surface area contributed by atoms with Crippen molar-refractivity contribution in [2.24, 2.45) is 17.3 Å². The third kappa shape index (κ3) is 2.39. The van der Waals surface area contributed by atoms with Gasteiger partial charge in [-0.2, -0.15) is 0 Å². The maximum absolute atomic E-state index is 13.0. The lowest BCUT2D eigenvalue weighted by Gasteiger charge is -2.49. The molecule has 1 aromatic carbocycles. The second kappa shape index (κ2) is 5.28. The molecule has 1 aliphatic heterocycles. The van der Waals surface area contributed by atoms with Crippen LogP contribution < -0.4 is 0 Å². The first-order valence-electron chi connectivity index (χ1n) is 7.88. The fourth-order valence-electron chi connectivity index (χ4n) is 4.12. The molecule has 1 aliphatic carbocycles. The molecular weight excluding hydrogens is 262 g/mol. The van der Waals surface area contributed by atoms with Gasteiger partial charge >= 0.3 is 0 Å². The van der Waals surface area contributed by atoms with Gasteiger partial charge in [0.2, 0.25) is 5.91 Å². The zero-order valence-corrected chi connectivity index (χ0v) is 12.8. The summed E-state index contributed by atoms with van der Waals surface area (Å²) >= 11 is 0. The Hall–Kier alpha value is -1.64. The van der Waals surface area contributed by atoms with Gasteiger partial charge in [-0.1, -0.05) is 44.2 Å². The van der Waals surface area contributed by atoms with Crippen molar-refractivity contribution in [2.45, 2.75) is 39.7 Å². The summed E-state index contributed by atoms with van der Waals surface area (Å²) in [5.41, 5.74) is 0.827. The maximum Gasteiger partial charge on any atom is 0.229 e. The van der Waals surface area contributed by atoms with Gasteiger partial charge in [-0.3, -0.25) is 9.59 Å². The van der Waals surface area contributed by atoms with Crippen LogP contribution in [-0.2, 0) is 16.1 Å². The number of piperidine rings is 1. The number of carbonyl (C=O) groups excluding carboxylic acids is 2. The number of rotatable bonds is 2. The van der Waals surface area contributed by atoms with Crippen LogP contribution in [0.1, 0.15) is 38.7 Å². The van der Waals surface area contributed by atoms with Crippen molar-refractivity contribution >= 4 is 11.7 Å². The van der Waals surface area contributed by atoms with Crippen LogP contribution in [-0.4, -0.2) is 23.1 Å². The van der Waals surface area contributed by atoms with Gasteiger partial charge < -0.3 is 4.90 Å². The summed E-state index contributed by atoms with van der Waals surface area (Å²) in [5, 5.41) is 0. The van der Waals surface area contributed by atoms with Crippen LogP contribution in [0, 0.1) is 17.3 Å². The summed E-state index contributed by atoms with van der Waals surface area (Å²) in [6, 6.07) is 10.1. The maximum atomic E-state index is 13.0. The highest BCUT2D eigenvalue weighted by molar-refractivity contribution is 5.89. The minimum Gasteiger partial charge on any atom is -0.338 e. The zero-order chi connectivity index (χ0) is 15.0. The average Bonchev–Trinajstić information content (AvgIpc) is 2.49. The summed E-state index contributed by atoms with van der Waals surface area (Å²) in [6.45, 7) is 5.53. The highest BCUT2D eigenvalue weighted by Gasteiger charge is 2.52. The van der Waals surface area contributed by atoms with Crippen molar-refractivity contribution in [3.63, 3.8) is 0 Å². The number of ketones is 1. The molecule has 112 valence electrons. The highest BCUT2D eigenvalue weighted by Crippen LogP contribution is 2.48. The first-order valence-corrected chi connectivity index (χ1v) is 7.88. The predicted octanol–water partition coefficient (Wildman–Crippen LogP) is 3.04. The van der Waals surface area contributed by atoms with Gasteiger partial charge in [0.1, 0.15) is 5.78 Å². The Bertz CT molecular complexity index is 554. The number of hydrogen-bond donors (Lipinski definition) is 0. The molecular formula is C18H23NO2. The molecule has 3 heteroatoms. The minimum absolute atomic E-state index is 0.0339. The van der Waals surface area contributed by atoms with Gasteiger partial charge in [0.15, 0.2) is 0 Å². The number of hydrogen-bond acceptors (Lipinski definition) is 2. The lowest BCUT2D eigenvalue weighted by Crippen LogP contribution is -2.56. The molecule has 0 bridgehead atoms. The number of amides is 1. The monoisotopic (exact) mass is 285 g/mol. The molecule has 0 radical (unpaired) electrons. The van der Waals surface area contributed by atoms with E-state index in [1.807, 2.05) is 30.0 Å². The van der Waals surface area contributed by atoms with Crippen LogP contribution in [0.3, 0.4) is 0 Å². The van der Waals surface area contributed by atoms with Crippen LogP contribution in [0.25, 0.3) is 0 Å². The smallest absolute Gasteiger partial charge is 0.229 e. The standard InChI is InChI=1S/C18H23NO2/c1-13-15-9-11-19(12-14-6-4-3-5-7-14)17(21)18(15,2)10-8-16(13)20/h3-7,13,15H,8-12H2,1-2H3. The lowest BCUT2D eigenvalue weighted by atomic mass is 9.59. The van der Waals surface area contributed by atoms with Crippen molar-refractivity contribution < 1.29 is 9.59 Å². The van der Waals surface area contributed by atoms with Crippen molar-refractivity contribution in [1.29, 1.82) is 0 Å². The van der Waals surface area contributed by atoms with Crippen LogP contribution >= 0.6 is 0 Å². The molecule has 1 aromatic rings. The normalized spacial score (nSPS) is 33.0. The predicted molar refractivity (Wildman–Crippen MR) is 81.5 cm³/mol. The number of Topliss-reactive ketones (excluding diaryl/α,β-unsaturated/α-hetero) is 1. The third-order valence-electron chi connectivity index (χ3n) is 5.52. The molecule has 3 nitrogen and oxygen atoms in total. The van der Waals surface area contributed by atoms with E-state index in [9.17, 15) is 9.59 Å². The Morgan fingerprint density at radius 3 is 2.67 bits per heavy atom. The van der Waals surface area contributed by atoms with Crippen molar-refractivity contribution in [1.82, 2.24) is 4.90 Å². The van der Waals surface area contributed by atoms with Gasteiger partial charge in [-0.05, 0) is 24.3 Å². The van der Waals surface area contributed by atoms with E-state index in [0.717, 1.165) is 13.0 Å². The van der Waals surface area contributed by atoms with E-state index < -0.39 is 0 Å². The van der Waals surface area contributed by atoms with E-state index in [0.29, 0.717) is 25.2 Å². The second-order valence-electron chi connectivity index (χ2n) is 6.78. The molecule has 1 saturated carbocycles. The Balaban J connectivity index is 1.80. The first kappa shape index (κ1) is 14.3. The van der Waals surface area contributed by atoms with E-state index in [-0.39, 0.29) is 23.2 Å². The SMILES string of the molecule is CC1C(=O)CCC2(C)C(=O)N(Cc3ccccc3)CCC12. The summed E-state index contributed by atoms with van der Waals surface area (Å²) in [4.78, 5) is 26.9. The largest absolute Gasteiger partial charge is 0.338 e. The Kier molecular flexibility index (Phi) is 3.60. The number of benzene rings is 1. The molecule has 0 N–H and O–H groups in total. The van der Waals surface area contributed by atoms with Gasteiger partial charge in [0.25, 0.3) is 0 Å². The van der Waals surface area contributed by atoms with Crippen LogP contribution in [0.2, 0.25) is 0 Å². The van der Waals surface area contributed by atoms with Crippen molar-refractivity contribution in [3.8, 4) is 0 Å². The molecule has 3 atom stereocenters. The summed E-state index contributed by atoms with van der Waals surface area (Å²) in [6.07, 6.45) is 2.21. The Labute approximate surface area is 126 Å². The van der Waals surface area contributed by atoms with E-state index in [1.54, 1.807) is 0 Å². The summed E-state index contributed by atoms with van der Waals surface area (Å²) in [7, 11) is 0. The molecule has 21 heavy (non-hydrogen) atoms. The number of nitrogens with zero attached hydrogens (tertiary/aromatic N) is 1. The first-order chi connectivity index (χ1) is 10.0. The van der Waals surface area contributed by atoms with Crippen LogP contribution in [0.15, 0.2) is 30.3 Å². The molecule has 0 spiro atoms. The van der Waals surface area contributed by atoms with E-state index >= 15 is 0 Å². The molecule has 3 rings (SSSR count). The minimum atomic E-state index is -0.347. The fourth-order valence-corrected chi connectivity index (χ4v) is 4.12. The van der Waals surface area contributed by atoms with Crippen molar-refractivity contribution in [2.75, 3.05) is 6.54 Å². The summed E-state index contributed by atoms with van der Waals surface area (Å²) in [5.74, 6) is 0.827. The topological polar surface area (TPSA) is 37.4 Å². The number of fused-ring (bicyclic) bond motifs is 1. The van der Waals surface area contributed by atoms with E-state index in [1.165, 1.54) is 5.56 Å². The fraction of sp³-hybridized carbons (Fsp3) is 0.556. The molecule has 1 amide bonds. The number of likely N-dealkylation sites (tertiary alicyclic amines) is 1. The quantitative estimate of drug-likeness (QED) is 0.837. The number of carbonyl (C=O) groups is 2. The zero-order valence-electron chi connectivity index (χ0n) is 12.8. The summed E-state index contributed by atoms with van der Waals surface area (Å²) < 4.78 is 0. The van der Waals surface area contributed by atoms with Crippen LogP contribution in [0.5, 0.6) is 0 Å². The highest BCUT2D eigenvalue weighted by atomic mass is 16.2. The van der Waals surface area contributed by atoms with E-state index in [2.05, 4.69) is 19.1 Å². The Morgan fingerprint density at radius 1 is 1.24 bits per heavy atom.